The minimum atomic E-state index is -2.71. The van der Waals surface area contributed by atoms with Crippen LogP contribution in [0.2, 0.25) is 0 Å². The second-order valence-electron chi connectivity index (χ2n) is 3.40. The summed E-state index contributed by atoms with van der Waals surface area (Å²) in [7, 11) is -2.71. The van der Waals surface area contributed by atoms with E-state index in [0.29, 0.717) is 11.5 Å². The largest absolute Gasteiger partial charge is 0.313 e. The third-order valence-corrected chi connectivity index (χ3v) is 4.66. The van der Waals surface area contributed by atoms with Crippen molar-refractivity contribution in [2.45, 2.75) is 18.9 Å². The van der Waals surface area contributed by atoms with Gasteiger partial charge in [0.1, 0.15) is 0 Å². The molecule has 1 aliphatic heterocycles. The van der Waals surface area contributed by atoms with Gasteiger partial charge in [-0.15, -0.1) is 0 Å². The first-order valence-electron chi connectivity index (χ1n) is 4.57. The SMILES string of the molecule is CSCCCNC1CCS(=O)(=O)C1. The minimum absolute atomic E-state index is 0.215. The van der Waals surface area contributed by atoms with Gasteiger partial charge in [-0.1, -0.05) is 0 Å². The molecule has 0 aromatic rings. The molecule has 1 aliphatic rings. The van der Waals surface area contributed by atoms with Crippen LogP contribution in [0.3, 0.4) is 0 Å². The predicted molar refractivity (Wildman–Crippen MR) is 58.1 cm³/mol. The molecule has 0 radical (unpaired) electrons. The number of hydrogen-bond donors (Lipinski definition) is 1. The fourth-order valence-electron chi connectivity index (χ4n) is 1.48. The van der Waals surface area contributed by atoms with Crippen LogP contribution in [-0.2, 0) is 9.84 Å². The fraction of sp³-hybridized carbons (Fsp3) is 1.00. The zero-order valence-corrected chi connectivity index (χ0v) is 9.59. The van der Waals surface area contributed by atoms with Crippen LogP contribution in [0, 0.1) is 0 Å². The van der Waals surface area contributed by atoms with Crippen LogP contribution in [0.25, 0.3) is 0 Å². The molecule has 0 aromatic carbocycles. The van der Waals surface area contributed by atoms with Gasteiger partial charge in [0.25, 0.3) is 0 Å². The van der Waals surface area contributed by atoms with E-state index in [0.717, 1.165) is 25.1 Å². The molecule has 0 aliphatic carbocycles. The lowest BCUT2D eigenvalue weighted by Gasteiger charge is -2.09. The Bertz CT molecular complexity index is 239. The van der Waals surface area contributed by atoms with Gasteiger partial charge in [0.05, 0.1) is 11.5 Å². The van der Waals surface area contributed by atoms with E-state index in [9.17, 15) is 8.42 Å². The molecular weight excluding hydrogens is 206 g/mol. The van der Waals surface area contributed by atoms with Crippen LogP contribution < -0.4 is 5.32 Å². The van der Waals surface area contributed by atoms with E-state index in [2.05, 4.69) is 11.6 Å². The number of thioether (sulfide) groups is 1. The van der Waals surface area contributed by atoms with Crippen LogP contribution in [0.5, 0.6) is 0 Å². The normalized spacial score (nSPS) is 26.4. The molecule has 1 saturated heterocycles. The van der Waals surface area contributed by atoms with Crippen LogP contribution in [-0.4, -0.2) is 44.5 Å². The van der Waals surface area contributed by atoms with Gasteiger partial charge in [-0.25, -0.2) is 8.42 Å². The van der Waals surface area contributed by atoms with Gasteiger partial charge in [-0.3, -0.25) is 0 Å². The highest BCUT2D eigenvalue weighted by molar-refractivity contribution is 7.98. The van der Waals surface area contributed by atoms with E-state index in [-0.39, 0.29) is 6.04 Å². The Kier molecular flexibility index (Phi) is 4.55. The van der Waals surface area contributed by atoms with Crippen LogP contribution >= 0.6 is 11.8 Å². The van der Waals surface area contributed by atoms with E-state index >= 15 is 0 Å². The van der Waals surface area contributed by atoms with Crippen molar-refractivity contribution in [3.8, 4) is 0 Å². The van der Waals surface area contributed by atoms with Crippen molar-refractivity contribution in [3.63, 3.8) is 0 Å². The number of sulfone groups is 1. The summed E-state index contributed by atoms with van der Waals surface area (Å²) < 4.78 is 22.2. The van der Waals surface area contributed by atoms with Gasteiger partial charge >= 0.3 is 0 Å². The molecular formula is C8H17NO2S2. The first-order valence-corrected chi connectivity index (χ1v) is 7.78. The second kappa shape index (κ2) is 5.22. The Balaban J connectivity index is 2.11. The molecule has 1 fully saturated rings. The van der Waals surface area contributed by atoms with Gasteiger partial charge < -0.3 is 5.32 Å². The Morgan fingerprint density at radius 2 is 2.31 bits per heavy atom. The Labute approximate surface area is 84.6 Å². The van der Waals surface area contributed by atoms with Crippen molar-refractivity contribution in [1.82, 2.24) is 5.32 Å². The molecule has 1 atom stereocenters. The van der Waals surface area contributed by atoms with Gasteiger partial charge in [0, 0.05) is 6.04 Å². The molecule has 1 heterocycles. The summed E-state index contributed by atoms with van der Waals surface area (Å²) in [6.07, 6.45) is 4.00. The summed E-state index contributed by atoms with van der Waals surface area (Å²) in [6, 6.07) is 0.215. The maximum Gasteiger partial charge on any atom is 0.151 e. The van der Waals surface area contributed by atoms with Gasteiger partial charge in [-0.2, -0.15) is 11.8 Å². The number of nitrogens with one attached hydrogen (secondary N) is 1. The lowest BCUT2D eigenvalue weighted by atomic mass is 10.2. The van der Waals surface area contributed by atoms with Crippen molar-refractivity contribution in [3.05, 3.63) is 0 Å². The van der Waals surface area contributed by atoms with Gasteiger partial charge in [0.15, 0.2) is 9.84 Å². The average Bonchev–Trinajstić information content (AvgIpc) is 2.40. The van der Waals surface area contributed by atoms with Crippen molar-refractivity contribution < 1.29 is 8.42 Å². The van der Waals surface area contributed by atoms with E-state index in [1.807, 2.05) is 11.8 Å². The van der Waals surface area contributed by atoms with Crippen LogP contribution in [0.15, 0.2) is 0 Å². The Hall–Kier alpha value is 0.260. The summed E-state index contributed by atoms with van der Waals surface area (Å²) in [5.74, 6) is 1.85. The predicted octanol–water partition coefficient (Wildman–Crippen LogP) is 0.516. The third kappa shape index (κ3) is 4.33. The molecule has 3 nitrogen and oxygen atoms in total. The fourth-order valence-corrected chi connectivity index (χ4v) is 3.62. The summed E-state index contributed by atoms with van der Waals surface area (Å²) in [5.41, 5.74) is 0. The lowest BCUT2D eigenvalue weighted by molar-refractivity contribution is 0.553. The molecule has 13 heavy (non-hydrogen) atoms. The quantitative estimate of drug-likeness (QED) is 0.690. The molecule has 0 bridgehead atoms. The number of hydrogen-bond acceptors (Lipinski definition) is 4. The van der Waals surface area contributed by atoms with Gasteiger partial charge in [0.2, 0.25) is 0 Å². The van der Waals surface area contributed by atoms with Crippen LogP contribution in [0.4, 0.5) is 0 Å². The first-order chi connectivity index (χ1) is 6.14. The van der Waals surface area contributed by atoms with Crippen molar-refractivity contribution in [2.24, 2.45) is 0 Å². The monoisotopic (exact) mass is 223 g/mol. The topological polar surface area (TPSA) is 46.2 Å². The maximum absolute atomic E-state index is 11.1. The average molecular weight is 223 g/mol. The Morgan fingerprint density at radius 1 is 1.54 bits per heavy atom. The second-order valence-corrected chi connectivity index (χ2v) is 6.61. The van der Waals surface area contributed by atoms with Crippen molar-refractivity contribution >= 4 is 21.6 Å². The highest BCUT2D eigenvalue weighted by atomic mass is 32.2. The highest BCUT2D eigenvalue weighted by Gasteiger charge is 2.26. The third-order valence-electron chi connectivity index (χ3n) is 2.19. The summed E-state index contributed by atoms with van der Waals surface area (Å²) >= 11 is 1.83. The standard InChI is InChI=1S/C8H17NO2S2/c1-12-5-2-4-9-8-3-6-13(10,11)7-8/h8-9H,2-7H2,1H3. The van der Waals surface area contributed by atoms with E-state index in [1.165, 1.54) is 0 Å². The van der Waals surface area contributed by atoms with E-state index < -0.39 is 9.84 Å². The molecule has 78 valence electrons. The van der Waals surface area contributed by atoms with Gasteiger partial charge in [-0.05, 0) is 31.4 Å². The lowest BCUT2D eigenvalue weighted by Crippen LogP contribution is -2.31. The summed E-state index contributed by atoms with van der Waals surface area (Å²) in [5, 5.41) is 3.28. The summed E-state index contributed by atoms with van der Waals surface area (Å²) in [6.45, 7) is 0.945. The smallest absolute Gasteiger partial charge is 0.151 e. The molecule has 1 rings (SSSR count). The molecule has 0 spiro atoms. The van der Waals surface area contributed by atoms with E-state index in [1.54, 1.807) is 0 Å². The number of rotatable bonds is 5. The van der Waals surface area contributed by atoms with Crippen LogP contribution in [0.1, 0.15) is 12.8 Å². The summed E-state index contributed by atoms with van der Waals surface area (Å²) in [4.78, 5) is 0. The van der Waals surface area contributed by atoms with Crippen molar-refractivity contribution in [1.29, 1.82) is 0 Å². The zero-order valence-electron chi connectivity index (χ0n) is 7.95. The molecule has 1 unspecified atom stereocenters. The molecule has 0 amide bonds. The molecule has 5 heteroatoms. The van der Waals surface area contributed by atoms with E-state index in [4.69, 9.17) is 0 Å². The Morgan fingerprint density at radius 3 is 2.85 bits per heavy atom. The molecule has 1 N–H and O–H groups in total. The van der Waals surface area contributed by atoms with Crippen molar-refractivity contribution in [2.75, 3.05) is 30.1 Å². The zero-order chi connectivity index (χ0) is 9.73. The first kappa shape index (κ1) is 11.3. The molecule has 0 saturated carbocycles. The maximum atomic E-state index is 11.1. The molecule has 0 aromatic heterocycles. The highest BCUT2D eigenvalue weighted by Crippen LogP contribution is 2.11. The minimum Gasteiger partial charge on any atom is -0.313 e.